The van der Waals surface area contributed by atoms with Crippen LogP contribution in [0.1, 0.15) is 29.8 Å². The molecule has 0 saturated heterocycles. The summed E-state index contributed by atoms with van der Waals surface area (Å²) in [6.45, 7) is 0. The van der Waals surface area contributed by atoms with Gasteiger partial charge in [0.15, 0.2) is 0 Å². The molecule has 1 aliphatic heterocycles. The third-order valence-electron chi connectivity index (χ3n) is 3.54. The first-order valence-corrected chi connectivity index (χ1v) is 6.55. The maximum Gasteiger partial charge on any atom is 0.129 e. The summed E-state index contributed by atoms with van der Waals surface area (Å²) in [7, 11) is 1.53. The third-order valence-corrected chi connectivity index (χ3v) is 3.54. The minimum absolute atomic E-state index is 0.238. The highest BCUT2D eigenvalue weighted by Gasteiger charge is 2.29. The van der Waals surface area contributed by atoms with Gasteiger partial charge in [-0.05, 0) is 29.8 Å². The fourth-order valence-electron chi connectivity index (χ4n) is 2.52. The highest BCUT2D eigenvalue weighted by Crippen LogP contribution is 2.42. The molecule has 2 aromatic carbocycles. The van der Waals surface area contributed by atoms with Crippen molar-refractivity contribution in [2.75, 3.05) is 7.11 Å². The van der Waals surface area contributed by atoms with Crippen LogP contribution in [0.3, 0.4) is 0 Å². The quantitative estimate of drug-likeness (QED) is 0.920. The van der Waals surface area contributed by atoms with Crippen molar-refractivity contribution in [3.8, 4) is 11.5 Å². The Kier molecular flexibility index (Phi) is 3.51. The van der Waals surface area contributed by atoms with E-state index >= 15 is 0 Å². The highest BCUT2D eigenvalue weighted by molar-refractivity contribution is 5.44. The van der Waals surface area contributed by atoms with Gasteiger partial charge >= 0.3 is 0 Å². The Balaban J connectivity index is 1.96. The van der Waals surface area contributed by atoms with Crippen LogP contribution < -0.4 is 9.47 Å². The van der Waals surface area contributed by atoms with Gasteiger partial charge in [-0.3, -0.25) is 0 Å². The molecule has 0 radical (unpaired) electrons. The number of benzene rings is 2. The number of rotatable bonds is 2. The van der Waals surface area contributed by atoms with Gasteiger partial charge in [-0.25, -0.2) is 8.78 Å². The Morgan fingerprint density at radius 1 is 1.14 bits per heavy atom. The first kappa shape index (κ1) is 13.8. The minimum Gasteiger partial charge on any atom is -0.497 e. The van der Waals surface area contributed by atoms with Crippen LogP contribution in [0, 0.1) is 11.6 Å². The number of methoxy groups -OCH3 is 1. The Morgan fingerprint density at radius 3 is 2.52 bits per heavy atom. The zero-order valence-electron chi connectivity index (χ0n) is 11.3. The van der Waals surface area contributed by atoms with Crippen molar-refractivity contribution in [2.24, 2.45) is 0 Å². The molecule has 0 aliphatic carbocycles. The van der Waals surface area contributed by atoms with E-state index in [-0.39, 0.29) is 6.42 Å². The molecule has 5 heteroatoms. The van der Waals surface area contributed by atoms with E-state index < -0.39 is 23.8 Å². The third kappa shape index (κ3) is 2.69. The van der Waals surface area contributed by atoms with Crippen LogP contribution in [0.4, 0.5) is 8.78 Å². The maximum atomic E-state index is 13.3. The van der Waals surface area contributed by atoms with Crippen molar-refractivity contribution in [1.29, 1.82) is 0 Å². The van der Waals surface area contributed by atoms with Gasteiger partial charge in [-0.2, -0.15) is 0 Å². The first-order chi connectivity index (χ1) is 10.1. The highest BCUT2D eigenvalue weighted by atomic mass is 19.1. The molecule has 3 nitrogen and oxygen atoms in total. The molecule has 0 spiro atoms. The van der Waals surface area contributed by atoms with Gasteiger partial charge < -0.3 is 14.6 Å². The summed E-state index contributed by atoms with van der Waals surface area (Å²) in [6, 6.07) is 8.34. The summed E-state index contributed by atoms with van der Waals surface area (Å²) < 4.78 is 37.5. The van der Waals surface area contributed by atoms with Crippen molar-refractivity contribution >= 4 is 0 Å². The second kappa shape index (κ2) is 5.33. The summed E-state index contributed by atoms with van der Waals surface area (Å²) in [5.74, 6) is -0.283. The van der Waals surface area contributed by atoms with Gasteiger partial charge in [0.2, 0.25) is 0 Å². The Bertz CT molecular complexity index is 652. The lowest BCUT2D eigenvalue weighted by molar-refractivity contribution is 0.0651. The Morgan fingerprint density at radius 2 is 1.86 bits per heavy atom. The molecule has 0 aromatic heterocycles. The summed E-state index contributed by atoms with van der Waals surface area (Å²) in [5.41, 5.74) is 1.00. The van der Waals surface area contributed by atoms with Crippen LogP contribution >= 0.6 is 0 Å². The predicted octanol–water partition coefficient (Wildman–Crippen LogP) is 3.53. The number of hydrogen-bond donors (Lipinski definition) is 1. The van der Waals surface area contributed by atoms with Crippen molar-refractivity contribution in [2.45, 2.75) is 18.6 Å². The van der Waals surface area contributed by atoms with Crippen LogP contribution in [0.25, 0.3) is 0 Å². The molecule has 0 saturated carbocycles. The van der Waals surface area contributed by atoms with Crippen LogP contribution in [0.2, 0.25) is 0 Å². The molecule has 2 atom stereocenters. The molecule has 1 heterocycles. The number of hydrogen-bond acceptors (Lipinski definition) is 3. The fourth-order valence-corrected chi connectivity index (χ4v) is 2.52. The zero-order chi connectivity index (χ0) is 15.0. The van der Waals surface area contributed by atoms with Crippen LogP contribution in [-0.2, 0) is 0 Å². The molecule has 0 bridgehead atoms. The van der Waals surface area contributed by atoms with E-state index in [4.69, 9.17) is 9.47 Å². The van der Waals surface area contributed by atoms with Crippen LogP contribution in [0.5, 0.6) is 11.5 Å². The smallest absolute Gasteiger partial charge is 0.129 e. The van der Waals surface area contributed by atoms with Gasteiger partial charge in [-0.15, -0.1) is 0 Å². The number of aliphatic hydroxyl groups excluding tert-OH is 1. The van der Waals surface area contributed by atoms with Crippen molar-refractivity contribution in [3.63, 3.8) is 0 Å². The number of ether oxygens (including phenoxy) is 2. The van der Waals surface area contributed by atoms with E-state index in [2.05, 4.69) is 0 Å². The first-order valence-electron chi connectivity index (χ1n) is 6.55. The lowest BCUT2D eigenvalue weighted by atomic mass is 9.95. The SMILES string of the molecule is COc1ccc2c(c1)OC(c1cc(F)cc(F)c1)CC2O. The van der Waals surface area contributed by atoms with E-state index in [1.165, 1.54) is 19.2 Å². The normalized spacial score (nSPS) is 20.6. The minimum atomic E-state index is -0.754. The molecular weight excluding hydrogens is 278 g/mol. The lowest BCUT2D eigenvalue weighted by Crippen LogP contribution is -2.19. The Hall–Kier alpha value is -2.14. The van der Waals surface area contributed by atoms with Crippen molar-refractivity contribution in [3.05, 3.63) is 59.2 Å². The van der Waals surface area contributed by atoms with Gasteiger partial charge in [0.1, 0.15) is 29.2 Å². The average molecular weight is 292 g/mol. The standard InChI is InChI=1S/C16H14F2O3/c1-20-12-2-3-13-14(19)8-15(21-16(13)7-12)9-4-10(17)6-11(18)5-9/h2-7,14-15,19H,8H2,1H3. The van der Waals surface area contributed by atoms with E-state index in [0.29, 0.717) is 22.6 Å². The number of aliphatic hydroxyl groups is 1. The molecular formula is C16H14F2O3. The van der Waals surface area contributed by atoms with E-state index in [1.54, 1.807) is 18.2 Å². The Labute approximate surface area is 120 Å². The molecule has 110 valence electrons. The van der Waals surface area contributed by atoms with Crippen LogP contribution in [0.15, 0.2) is 36.4 Å². The predicted molar refractivity (Wildman–Crippen MR) is 72.3 cm³/mol. The molecule has 1 aliphatic rings. The zero-order valence-corrected chi connectivity index (χ0v) is 11.3. The topological polar surface area (TPSA) is 38.7 Å². The average Bonchev–Trinajstić information content (AvgIpc) is 2.45. The summed E-state index contributed by atoms with van der Waals surface area (Å²) in [6.07, 6.45) is -1.12. The molecule has 0 fully saturated rings. The molecule has 2 aromatic rings. The molecule has 3 rings (SSSR count). The molecule has 21 heavy (non-hydrogen) atoms. The van der Waals surface area contributed by atoms with Crippen molar-refractivity contribution < 1.29 is 23.4 Å². The van der Waals surface area contributed by atoms with Gasteiger partial charge in [0, 0.05) is 24.1 Å². The van der Waals surface area contributed by atoms with E-state index in [9.17, 15) is 13.9 Å². The summed E-state index contributed by atoms with van der Waals surface area (Å²) in [4.78, 5) is 0. The number of fused-ring (bicyclic) bond motifs is 1. The maximum absolute atomic E-state index is 13.3. The lowest BCUT2D eigenvalue weighted by Gasteiger charge is -2.30. The monoisotopic (exact) mass is 292 g/mol. The fraction of sp³-hybridized carbons (Fsp3) is 0.250. The molecule has 1 N–H and O–H groups in total. The van der Waals surface area contributed by atoms with Gasteiger partial charge in [0.25, 0.3) is 0 Å². The largest absolute Gasteiger partial charge is 0.497 e. The van der Waals surface area contributed by atoms with Gasteiger partial charge in [0.05, 0.1) is 13.2 Å². The van der Waals surface area contributed by atoms with E-state index in [1.807, 2.05) is 0 Å². The second-order valence-electron chi connectivity index (χ2n) is 4.96. The van der Waals surface area contributed by atoms with Gasteiger partial charge in [-0.1, -0.05) is 0 Å². The summed E-state index contributed by atoms with van der Waals surface area (Å²) in [5, 5.41) is 10.2. The van der Waals surface area contributed by atoms with Crippen LogP contribution in [-0.4, -0.2) is 12.2 Å². The van der Waals surface area contributed by atoms with Crippen molar-refractivity contribution in [1.82, 2.24) is 0 Å². The second-order valence-corrected chi connectivity index (χ2v) is 4.96. The molecule has 0 amide bonds. The molecule has 2 unspecified atom stereocenters. The summed E-state index contributed by atoms with van der Waals surface area (Å²) >= 11 is 0. The van der Waals surface area contributed by atoms with E-state index in [0.717, 1.165) is 6.07 Å². The number of halogens is 2.